The average Bonchev–Trinajstić information content (AvgIpc) is 3.25. The summed E-state index contributed by atoms with van der Waals surface area (Å²) in [7, 11) is 0. The Morgan fingerprint density at radius 3 is 3.00 bits per heavy atom. The summed E-state index contributed by atoms with van der Waals surface area (Å²) in [6.45, 7) is 3.06. The van der Waals surface area contributed by atoms with Gasteiger partial charge in [0, 0.05) is 31.5 Å². The molecule has 0 fully saturated rings. The number of nitrogens with zero attached hydrogens (tertiary/aromatic N) is 4. The van der Waals surface area contributed by atoms with Gasteiger partial charge in [-0.2, -0.15) is 5.10 Å². The van der Waals surface area contributed by atoms with E-state index in [1.54, 1.807) is 12.5 Å². The maximum atomic E-state index is 5.83. The molecule has 0 aromatic carbocycles. The lowest BCUT2D eigenvalue weighted by molar-refractivity contribution is 0.119. The summed E-state index contributed by atoms with van der Waals surface area (Å²) in [5.74, 6) is 1.62. The predicted molar refractivity (Wildman–Crippen MR) is 83.8 cm³/mol. The highest BCUT2D eigenvalue weighted by Gasteiger charge is 2.26. The van der Waals surface area contributed by atoms with E-state index in [1.807, 2.05) is 36.5 Å². The minimum Gasteiger partial charge on any atom is -0.475 e. The van der Waals surface area contributed by atoms with Gasteiger partial charge in [0.1, 0.15) is 12.4 Å². The quantitative estimate of drug-likeness (QED) is 0.725. The van der Waals surface area contributed by atoms with E-state index >= 15 is 0 Å². The van der Waals surface area contributed by atoms with E-state index in [-0.39, 0.29) is 6.04 Å². The summed E-state index contributed by atoms with van der Waals surface area (Å²) in [5.41, 5.74) is 1.19. The number of rotatable bonds is 5. The van der Waals surface area contributed by atoms with Crippen LogP contribution in [0, 0.1) is 0 Å². The van der Waals surface area contributed by atoms with Crippen molar-refractivity contribution in [1.82, 2.24) is 19.7 Å². The van der Waals surface area contributed by atoms with Crippen LogP contribution in [0.15, 0.2) is 59.5 Å². The third kappa shape index (κ3) is 3.12. The number of hydrogen-bond acceptors (Lipinski definition) is 5. The van der Waals surface area contributed by atoms with Crippen LogP contribution >= 0.6 is 0 Å². The molecule has 118 valence electrons. The van der Waals surface area contributed by atoms with Gasteiger partial charge in [0.05, 0.1) is 24.5 Å². The molecule has 0 spiro atoms. The number of fused-ring (bicyclic) bond motifs is 1. The molecule has 1 unspecified atom stereocenters. The summed E-state index contributed by atoms with van der Waals surface area (Å²) in [5, 5.41) is 4.45. The van der Waals surface area contributed by atoms with Crippen molar-refractivity contribution in [3.8, 4) is 5.88 Å². The largest absolute Gasteiger partial charge is 0.475 e. The molecule has 0 radical (unpaired) electrons. The van der Waals surface area contributed by atoms with Crippen molar-refractivity contribution >= 4 is 0 Å². The van der Waals surface area contributed by atoms with Crippen LogP contribution in [0.2, 0.25) is 0 Å². The molecule has 0 saturated heterocycles. The molecule has 1 aliphatic rings. The summed E-state index contributed by atoms with van der Waals surface area (Å²) in [6, 6.07) is 11.8. The fourth-order valence-corrected chi connectivity index (χ4v) is 2.95. The fourth-order valence-electron chi connectivity index (χ4n) is 2.95. The van der Waals surface area contributed by atoms with E-state index in [4.69, 9.17) is 9.15 Å². The Bertz CT molecular complexity index is 739. The van der Waals surface area contributed by atoms with Crippen LogP contribution < -0.4 is 4.74 Å². The van der Waals surface area contributed by atoms with Crippen molar-refractivity contribution < 1.29 is 9.15 Å². The molecule has 1 atom stereocenters. The van der Waals surface area contributed by atoms with Gasteiger partial charge in [-0.1, -0.05) is 6.07 Å². The number of pyridine rings is 1. The first-order valence-electron chi connectivity index (χ1n) is 7.69. The first kappa shape index (κ1) is 14.0. The Labute approximate surface area is 134 Å². The number of furan rings is 1. The lowest BCUT2D eigenvalue weighted by atomic mass is 10.2. The molecule has 0 aliphatic carbocycles. The Balaban J connectivity index is 1.47. The Morgan fingerprint density at radius 2 is 2.17 bits per heavy atom. The minimum atomic E-state index is 0.158. The summed E-state index contributed by atoms with van der Waals surface area (Å²) < 4.78 is 13.4. The Hall–Kier alpha value is -2.60. The smallest absolute Gasteiger partial charge is 0.213 e. The van der Waals surface area contributed by atoms with Crippen molar-refractivity contribution in [3.63, 3.8) is 0 Å². The summed E-state index contributed by atoms with van der Waals surface area (Å²) >= 11 is 0. The highest BCUT2D eigenvalue weighted by Crippen LogP contribution is 2.22. The van der Waals surface area contributed by atoms with Gasteiger partial charge in [-0.05, 0) is 24.3 Å². The molecule has 6 heteroatoms. The van der Waals surface area contributed by atoms with Gasteiger partial charge in [0.15, 0.2) is 0 Å². The zero-order valence-electron chi connectivity index (χ0n) is 12.7. The molecule has 3 aromatic rings. The van der Waals surface area contributed by atoms with Crippen molar-refractivity contribution in [2.45, 2.75) is 19.1 Å². The third-order valence-electron chi connectivity index (χ3n) is 3.97. The number of ether oxygens (including phenoxy) is 1. The average molecular weight is 310 g/mol. The summed E-state index contributed by atoms with van der Waals surface area (Å²) in [4.78, 5) is 6.56. The first-order valence-corrected chi connectivity index (χ1v) is 7.69. The second-order valence-corrected chi connectivity index (χ2v) is 5.65. The SMILES string of the molecule is c1ccc(OCC2CN(Cc3ccco3)Cc3ccnn32)nc1. The van der Waals surface area contributed by atoms with Crippen molar-refractivity contribution in [2.24, 2.45) is 0 Å². The maximum Gasteiger partial charge on any atom is 0.213 e. The van der Waals surface area contributed by atoms with E-state index in [1.165, 1.54) is 5.69 Å². The molecule has 4 heterocycles. The number of aromatic nitrogens is 3. The van der Waals surface area contributed by atoms with E-state index in [9.17, 15) is 0 Å². The van der Waals surface area contributed by atoms with E-state index in [0.29, 0.717) is 12.5 Å². The first-order chi connectivity index (χ1) is 11.4. The van der Waals surface area contributed by atoms with Crippen molar-refractivity contribution in [1.29, 1.82) is 0 Å². The molecule has 0 bridgehead atoms. The number of hydrogen-bond donors (Lipinski definition) is 0. The standard InChI is InChI=1S/C17H18N4O2/c1-2-7-18-17(5-1)23-13-15-11-20(12-16-4-3-9-22-16)10-14-6-8-19-21(14)15/h1-9,15H,10-13H2. The van der Waals surface area contributed by atoms with Crippen LogP contribution in [-0.2, 0) is 13.1 Å². The molecule has 6 nitrogen and oxygen atoms in total. The van der Waals surface area contributed by atoms with Crippen LogP contribution in [0.5, 0.6) is 5.88 Å². The van der Waals surface area contributed by atoms with Gasteiger partial charge in [0.25, 0.3) is 0 Å². The van der Waals surface area contributed by atoms with Crippen LogP contribution in [0.25, 0.3) is 0 Å². The molecular weight excluding hydrogens is 292 g/mol. The summed E-state index contributed by atoms with van der Waals surface area (Å²) in [6.07, 6.45) is 5.30. The Morgan fingerprint density at radius 1 is 1.17 bits per heavy atom. The van der Waals surface area contributed by atoms with Gasteiger partial charge in [-0.15, -0.1) is 0 Å². The Kier molecular flexibility index (Phi) is 3.81. The van der Waals surface area contributed by atoms with Gasteiger partial charge < -0.3 is 9.15 Å². The normalized spacial score (nSPS) is 17.8. The van der Waals surface area contributed by atoms with Gasteiger partial charge >= 0.3 is 0 Å². The maximum absolute atomic E-state index is 5.83. The zero-order valence-corrected chi connectivity index (χ0v) is 12.7. The molecule has 0 saturated carbocycles. The molecule has 3 aromatic heterocycles. The second kappa shape index (κ2) is 6.26. The van der Waals surface area contributed by atoms with Crippen LogP contribution in [-0.4, -0.2) is 32.8 Å². The highest BCUT2D eigenvalue weighted by atomic mass is 16.5. The van der Waals surface area contributed by atoms with Gasteiger partial charge in [-0.25, -0.2) is 4.98 Å². The molecule has 4 rings (SSSR count). The van der Waals surface area contributed by atoms with E-state index in [0.717, 1.165) is 25.4 Å². The van der Waals surface area contributed by atoms with Crippen LogP contribution in [0.3, 0.4) is 0 Å². The third-order valence-corrected chi connectivity index (χ3v) is 3.97. The van der Waals surface area contributed by atoms with E-state index in [2.05, 4.69) is 25.7 Å². The van der Waals surface area contributed by atoms with Crippen LogP contribution in [0.4, 0.5) is 0 Å². The van der Waals surface area contributed by atoms with Crippen molar-refractivity contribution in [2.75, 3.05) is 13.2 Å². The highest BCUT2D eigenvalue weighted by molar-refractivity contribution is 5.10. The molecule has 0 amide bonds. The van der Waals surface area contributed by atoms with Gasteiger partial charge in [-0.3, -0.25) is 9.58 Å². The minimum absolute atomic E-state index is 0.158. The zero-order chi connectivity index (χ0) is 15.5. The molecular formula is C17H18N4O2. The fraction of sp³-hybridized carbons (Fsp3) is 0.294. The topological polar surface area (TPSA) is 56.3 Å². The molecule has 0 N–H and O–H groups in total. The molecule has 23 heavy (non-hydrogen) atoms. The van der Waals surface area contributed by atoms with Crippen molar-refractivity contribution in [3.05, 3.63) is 66.5 Å². The lowest BCUT2D eigenvalue weighted by Crippen LogP contribution is -2.39. The predicted octanol–water partition coefficient (Wildman–Crippen LogP) is 2.51. The van der Waals surface area contributed by atoms with E-state index < -0.39 is 0 Å². The monoisotopic (exact) mass is 310 g/mol. The second-order valence-electron chi connectivity index (χ2n) is 5.65. The van der Waals surface area contributed by atoms with Gasteiger partial charge in [0.2, 0.25) is 5.88 Å². The molecule has 1 aliphatic heterocycles. The van der Waals surface area contributed by atoms with Crippen LogP contribution in [0.1, 0.15) is 17.5 Å². The lowest BCUT2D eigenvalue weighted by Gasteiger charge is -2.33.